The van der Waals surface area contributed by atoms with Crippen LogP contribution >= 0.6 is 0 Å². The highest BCUT2D eigenvalue weighted by molar-refractivity contribution is 5.98. The molecule has 27 nitrogen and oxygen atoms in total. The van der Waals surface area contributed by atoms with Crippen molar-refractivity contribution in [2.45, 2.75) is 88.0 Å². The lowest BCUT2D eigenvalue weighted by Gasteiger charge is -2.24. The lowest BCUT2D eigenvalue weighted by atomic mass is 10.1. The molecular weight excluding hydrogens is 778 g/mol. The number of hydrogen-bond acceptors (Lipinski definition) is 14. The second-order valence-electron chi connectivity index (χ2n) is 12.4. The van der Waals surface area contributed by atoms with Crippen LogP contribution in [0.2, 0.25) is 0 Å². The fourth-order valence-corrected chi connectivity index (χ4v) is 4.72. The number of hydrogen-bond donors (Lipinski definition) is 15. The van der Waals surface area contributed by atoms with E-state index in [1.54, 1.807) is 0 Å². The van der Waals surface area contributed by atoms with Crippen molar-refractivity contribution in [2.24, 2.45) is 33.7 Å². The summed E-state index contributed by atoms with van der Waals surface area (Å²) in [6.45, 7) is -2.00. The standard InChI is InChI=1S/C31H53N13O14/c32-8-2-1-4-17(30(57)58)41-23(48)14-38-26(53)16(6-7-24(49)50)43-28(55)15(5-3-9-37-31(35)36)40-22(47)13-39-27(54)18(10-20(34)45)44-29(56)19(11-25(51)52)42-21(46)12-33/h15-19H,1-14,32-33H2,(H2,34,45)(H,38,53)(H,39,54)(H,40,47)(H,41,48)(H,42,46)(H,43,55)(H,44,56)(H,49,50)(H,51,52)(H,57,58)(H4,35,36,37). The minimum absolute atomic E-state index is 0.0383. The molecule has 8 amide bonds. The molecule has 0 saturated heterocycles. The van der Waals surface area contributed by atoms with Crippen LogP contribution in [0.15, 0.2) is 4.99 Å². The van der Waals surface area contributed by atoms with Gasteiger partial charge in [-0.3, -0.25) is 52.9 Å². The lowest BCUT2D eigenvalue weighted by molar-refractivity contribution is -0.142. The van der Waals surface area contributed by atoms with Gasteiger partial charge in [0.2, 0.25) is 47.3 Å². The maximum atomic E-state index is 13.4. The number of aliphatic carboxylic acids is 3. The number of nitrogens with one attached hydrogen (secondary N) is 7. The van der Waals surface area contributed by atoms with Gasteiger partial charge in [0.1, 0.15) is 30.2 Å². The first-order valence-electron chi connectivity index (χ1n) is 17.6. The lowest BCUT2D eigenvalue weighted by Crippen LogP contribution is -2.57. The molecule has 0 aliphatic carbocycles. The number of carboxylic acids is 3. The molecule has 20 N–H and O–H groups in total. The zero-order valence-corrected chi connectivity index (χ0v) is 31.5. The minimum Gasteiger partial charge on any atom is -0.481 e. The topological polar surface area (TPSA) is 475 Å². The molecule has 27 heteroatoms. The summed E-state index contributed by atoms with van der Waals surface area (Å²) < 4.78 is 0. The molecule has 0 aliphatic heterocycles. The predicted octanol–water partition coefficient (Wildman–Crippen LogP) is -7.92. The molecule has 0 rings (SSSR count). The summed E-state index contributed by atoms with van der Waals surface area (Å²) in [7, 11) is 0. The van der Waals surface area contributed by atoms with E-state index < -0.39 is 141 Å². The number of amides is 8. The van der Waals surface area contributed by atoms with Gasteiger partial charge >= 0.3 is 17.9 Å². The van der Waals surface area contributed by atoms with E-state index in [1.807, 2.05) is 5.32 Å². The molecule has 5 atom stereocenters. The Balaban J connectivity index is 5.93. The van der Waals surface area contributed by atoms with Crippen LogP contribution < -0.4 is 65.9 Å². The quantitative estimate of drug-likeness (QED) is 0.0182. The van der Waals surface area contributed by atoms with Crippen LogP contribution in [0.5, 0.6) is 0 Å². The van der Waals surface area contributed by atoms with Gasteiger partial charge in [-0.2, -0.15) is 0 Å². The Morgan fingerprint density at radius 1 is 0.517 bits per heavy atom. The molecular formula is C31H53N13O14. The summed E-state index contributed by atoms with van der Waals surface area (Å²) in [4.78, 5) is 139. The Kier molecular flexibility index (Phi) is 24.7. The largest absolute Gasteiger partial charge is 0.481 e. The summed E-state index contributed by atoms with van der Waals surface area (Å²) in [5, 5.41) is 43.0. The van der Waals surface area contributed by atoms with Gasteiger partial charge in [0.15, 0.2) is 5.96 Å². The highest BCUT2D eigenvalue weighted by Crippen LogP contribution is 2.05. The molecule has 0 spiro atoms. The van der Waals surface area contributed by atoms with Gasteiger partial charge in [-0.15, -0.1) is 0 Å². The molecule has 0 aromatic rings. The zero-order valence-electron chi connectivity index (χ0n) is 31.5. The second-order valence-corrected chi connectivity index (χ2v) is 12.4. The average molecular weight is 832 g/mol. The first-order chi connectivity index (χ1) is 27.2. The predicted molar refractivity (Wildman–Crippen MR) is 198 cm³/mol. The van der Waals surface area contributed by atoms with Crippen molar-refractivity contribution in [1.82, 2.24) is 37.2 Å². The van der Waals surface area contributed by atoms with Crippen molar-refractivity contribution >= 4 is 71.1 Å². The number of nitrogens with zero attached hydrogens (tertiary/aromatic N) is 1. The maximum absolute atomic E-state index is 13.4. The van der Waals surface area contributed by atoms with Gasteiger partial charge in [-0.05, 0) is 45.1 Å². The third-order valence-electron chi connectivity index (χ3n) is 7.56. The first kappa shape index (κ1) is 51.4. The van der Waals surface area contributed by atoms with E-state index in [0.717, 1.165) is 0 Å². The SMILES string of the molecule is NCCCCC(NC(=O)CNC(=O)C(CCC(=O)O)NC(=O)C(CCCN=C(N)N)NC(=O)CNC(=O)C(CC(N)=O)NC(=O)C(CC(=O)O)NC(=O)CN)C(=O)O. The van der Waals surface area contributed by atoms with Crippen LogP contribution in [0.25, 0.3) is 0 Å². The number of guanidine groups is 1. The van der Waals surface area contributed by atoms with Crippen molar-refractivity contribution in [3.8, 4) is 0 Å². The monoisotopic (exact) mass is 831 g/mol. The average Bonchev–Trinajstić information content (AvgIpc) is 3.13. The number of nitrogens with two attached hydrogens (primary N) is 5. The van der Waals surface area contributed by atoms with E-state index in [1.165, 1.54) is 0 Å². The van der Waals surface area contributed by atoms with E-state index >= 15 is 0 Å². The number of rotatable bonds is 30. The third-order valence-corrected chi connectivity index (χ3v) is 7.56. The molecule has 326 valence electrons. The van der Waals surface area contributed by atoms with E-state index in [4.69, 9.17) is 33.8 Å². The zero-order chi connectivity index (χ0) is 44.4. The van der Waals surface area contributed by atoms with Crippen LogP contribution in [0.4, 0.5) is 0 Å². The van der Waals surface area contributed by atoms with E-state index in [9.17, 15) is 63.0 Å². The van der Waals surface area contributed by atoms with Gasteiger partial charge in [0.25, 0.3) is 0 Å². The number of unbranched alkanes of at least 4 members (excludes halogenated alkanes) is 1. The fraction of sp³-hybridized carbons (Fsp3) is 0.613. The Morgan fingerprint density at radius 2 is 1.00 bits per heavy atom. The highest BCUT2D eigenvalue weighted by Gasteiger charge is 2.31. The molecule has 5 unspecified atom stereocenters. The van der Waals surface area contributed by atoms with Crippen molar-refractivity contribution in [3.63, 3.8) is 0 Å². The van der Waals surface area contributed by atoms with Crippen LogP contribution in [-0.2, 0) is 52.7 Å². The summed E-state index contributed by atoms with van der Waals surface area (Å²) in [5.41, 5.74) is 26.4. The van der Waals surface area contributed by atoms with Crippen LogP contribution in [-0.4, -0.2) is 149 Å². The number of primary amides is 1. The highest BCUT2D eigenvalue weighted by atomic mass is 16.4. The Bertz CT molecular complexity index is 1520. The number of carboxylic acid groups (broad SMARTS) is 3. The second kappa shape index (κ2) is 27.9. The summed E-state index contributed by atoms with van der Waals surface area (Å²) in [6, 6.07) is -7.87. The summed E-state index contributed by atoms with van der Waals surface area (Å²) >= 11 is 0. The Labute approximate surface area is 330 Å². The van der Waals surface area contributed by atoms with Crippen LogP contribution in [0, 0.1) is 0 Å². The maximum Gasteiger partial charge on any atom is 0.326 e. The van der Waals surface area contributed by atoms with Crippen LogP contribution in [0.1, 0.15) is 57.8 Å². The molecule has 0 aromatic carbocycles. The van der Waals surface area contributed by atoms with Gasteiger partial charge in [0.05, 0.1) is 32.5 Å². The van der Waals surface area contributed by atoms with Crippen molar-refractivity contribution in [3.05, 3.63) is 0 Å². The molecule has 0 saturated carbocycles. The van der Waals surface area contributed by atoms with Gasteiger partial charge < -0.3 is 81.2 Å². The van der Waals surface area contributed by atoms with Crippen molar-refractivity contribution < 1.29 is 68.1 Å². The van der Waals surface area contributed by atoms with Crippen molar-refractivity contribution in [2.75, 3.05) is 32.7 Å². The van der Waals surface area contributed by atoms with E-state index in [0.29, 0.717) is 19.4 Å². The number of carbonyl (C=O) groups is 11. The van der Waals surface area contributed by atoms with Gasteiger partial charge in [0, 0.05) is 13.0 Å². The van der Waals surface area contributed by atoms with Gasteiger partial charge in [-0.25, -0.2) is 4.79 Å². The van der Waals surface area contributed by atoms with Gasteiger partial charge in [-0.1, -0.05) is 0 Å². The molecule has 0 fully saturated rings. The minimum atomic E-state index is -1.77. The smallest absolute Gasteiger partial charge is 0.326 e. The molecule has 0 heterocycles. The summed E-state index contributed by atoms with van der Waals surface area (Å²) in [6.07, 6.45) is -2.10. The Hall–Kier alpha value is -6.64. The molecule has 0 bridgehead atoms. The van der Waals surface area contributed by atoms with Crippen molar-refractivity contribution in [1.29, 1.82) is 0 Å². The molecule has 0 radical (unpaired) electrons. The summed E-state index contributed by atoms with van der Waals surface area (Å²) in [5.74, 6) is -12.9. The third kappa shape index (κ3) is 23.3. The van der Waals surface area contributed by atoms with E-state index in [2.05, 4.69) is 36.9 Å². The number of carbonyl (C=O) groups excluding carboxylic acids is 8. The Morgan fingerprint density at radius 3 is 1.50 bits per heavy atom. The van der Waals surface area contributed by atoms with E-state index in [-0.39, 0.29) is 31.8 Å². The normalized spacial score (nSPS) is 13.1. The van der Waals surface area contributed by atoms with Crippen LogP contribution in [0.3, 0.4) is 0 Å². The molecule has 0 aliphatic rings. The number of aliphatic imine (C=N–C) groups is 1. The first-order valence-corrected chi connectivity index (χ1v) is 17.6. The molecule has 58 heavy (non-hydrogen) atoms. The molecule has 0 aromatic heterocycles. The fourth-order valence-electron chi connectivity index (χ4n) is 4.72.